The van der Waals surface area contributed by atoms with E-state index in [-0.39, 0.29) is 5.54 Å². The van der Waals surface area contributed by atoms with E-state index in [2.05, 4.69) is 5.32 Å². The summed E-state index contributed by atoms with van der Waals surface area (Å²) in [4.78, 5) is 1.58. The van der Waals surface area contributed by atoms with Gasteiger partial charge in [-0.25, -0.2) is 0 Å². The van der Waals surface area contributed by atoms with Gasteiger partial charge in [-0.3, -0.25) is 4.90 Å². The van der Waals surface area contributed by atoms with Crippen molar-refractivity contribution in [2.45, 2.75) is 19.4 Å². The molecule has 0 spiro atoms. The van der Waals surface area contributed by atoms with E-state index < -0.39 is 6.98 Å². The van der Waals surface area contributed by atoms with Crippen molar-refractivity contribution in [2.24, 2.45) is 0 Å². The zero-order valence-electron chi connectivity index (χ0n) is 9.07. The minimum absolute atomic E-state index is 0.260. The average Bonchev–Trinajstić information content (AvgIpc) is 1.83. The number of nitrogens with one attached hydrogen (secondary N) is 1. The standard InChI is InChI=1S/C7H16N2/c1-7(2)6-8-4-5-9(7)3/h8H,4-6H2,1-3H3/i3D3. The molecule has 1 rings (SSSR count). The Morgan fingerprint density at radius 2 is 2.44 bits per heavy atom. The fourth-order valence-electron chi connectivity index (χ4n) is 0.983. The molecule has 2 nitrogen and oxygen atoms in total. The first-order chi connectivity index (χ1) is 5.34. The van der Waals surface area contributed by atoms with Gasteiger partial charge in [0.15, 0.2) is 0 Å². The van der Waals surface area contributed by atoms with Gasteiger partial charge in [-0.1, -0.05) is 0 Å². The lowest BCUT2D eigenvalue weighted by atomic mass is 10.0. The molecule has 0 aromatic rings. The lowest BCUT2D eigenvalue weighted by Gasteiger charge is -2.40. The summed E-state index contributed by atoms with van der Waals surface area (Å²) < 4.78 is 21.9. The maximum atomic E-state index is 7.31. The molecule has 0 radical (unpaired) electrons. The van der Waals surface area contributed by atoms with Crippen LogP contribution in [0.3, 0.4) is 0 Å². The minimum atomic E-state index is -1.95. The summed E-state index contributed by atoms with van der Waals surface area (Å²) in [5.74, 6) is 0. The highest BCUT2D eigenvalue weighted by atomic mass is 15.2. The van der Waals surface area contributed by atoms with E-state index >= 15 is 0 Å². The highest BCUT2D eigenvalue weighted by molar-refractivity contribution is 4.85. The van der Waals surface area contributed by atoms with Crippen molar-refractivity contribution in [3.63, 3.8) is 0 Å². The zero-order valence-corrected chi connectivity index (χ0v) is 6.07. The first-order valence-electron chi connectivity index (χ1n) is 4.82. The Balaban J connectivity index is 2.73. The lowest BCUT2D eigenvalue weighted by Crippen LogP contribution is -2.55. The van der Waals surface area contributed by atoms with Crippen LogP contribution in [0.4, 0.5) is 0 Å². The second kappa shape index (κ2) is 2.27. The van der Waals surface area contributed by atoms with E-state index in [1.54, 1.807) is 4.90 Å². The van der Waals surface area contributed by atoms with Crippen molar-refractivity contribution in [3.05, 3.63) is 0 Å². The molecular formula is C7H16N2. The molecule has 0 aliphatic carbocycles. The Hall–Kier alpha value is -0.0800. The van der Waals surface area contributed by atoms with Crippen LogP contribution < -0.4 is 5.32 Å². The van der Waals surface area contributed by atoms with Crippen molar-refractivity contribution < 1.29 is 4.11 Å². The molecule has 1 aliphatic heterocycles. The van der Waals surface area contributed by atoms with Crippen LogP contribution in [-0.4, -0.2) is 37.0 Å². The van der Waals surface area contributed by atoms with Crippen LogP contribution in [0, 0.1) is 0 Å². The van der Waals surface area contributed by atoms with E-state index in [1.165, 1.54) is 0 Å². The van der Waals surface area contributed by atoms with Crippen LogP contribution in [0.25, 0.3) is 0 Å². The van der Waals surface area contributed by atoms with Gasteiger partial charge in [0.05, 0.1) is 0 Å². The number of piperazine rings is 1. The molecule has 0 unspecified atom stereocenters. The van der Waals surface area contributed by atoms with Crippen molar-refractivity contribution in [2.75, 3.05) is 26.6 Å². The predicted octanol–water partition coefficient (Wildman–Crippen LogP) is 0.300. The monoisotopic (exact) mass is 131 g/mol. The molecule has 1 aliphatic rings. The summed E-state index contributed by atoms with van der Waals surface area (Å²) in [7, 11) is 0. The number of nitrogens with zero attached hydrogens (tertiary/aromatic N) is 1. The number of hydrogen-bond acceptors (Lipinski definition) is 2. The topological polar surface area (TPSA) is 15.3 Å². The summed E-state index contributed by atoms with van der Waals surface area (Å²) in [6, 6.07) is 0. The minimum Gasteiger partial charge on any atom is -0.314 e. The Labute approximate surface area is 61.4 Å². The van der Waals surface area contributed by atoms with Gasteiger partial charge in [-0.05, 0) is 20.8 Å². The van der Waals surface area contributed by atoms with Crippen molar-refractivity contribution in [1.29, 1.82) is 0 Å². The second-order valence-corrected chi connectivity index (χ2v) is 3.14. The molecule has 0 aromatic carbocycles. The quantitative estimate of drug-likeness (QED) is 0.508. The Bertz CT molecular complexity index is 165. The van der Waals surface area contributed by atoms with E-state index in [4.69, 9.17) is 4.11 Å². The zero-order chi connectivity index (χ0) is 9.41. The van der Waals surface area contributed by atoms with E-state index in [1.807, 2.05) is 13.8 Å². The van der Waals surface area contributed by atoms with Crippen LogP contribution in [0.2, 0.25) is 0 Å². The van der Waals surface area contributed by atoms with Gasteiger partial charge < -0.3 is 5.32 Å². The van der Waals surface area contributed by atoms with Crippen LogP contribution in [0.15, 0.2) is 0 Å². The van der Waals surface area contributed by atoms with Gasteiger partial charge in [0, 0.05) is 29.3 Å². The van der Waals surface area contributed by atoms with Gasteiger partial charge >= 0.3 is 0 Å². The molecule has 1 heterocycles. The van der Waals surface area contributed by atoms with Gasteiger partial charge in [0.1, 0.15) is 0 Å². The molecule has 54 valence electrons. The lowest BCUT2D eigenvalue weighted by molar-refractivity contribution is 0.123. The average molecular weight is 131 g/mol. The second-order valence-electron chi connectivity index (χ2n) is 3.14. The van der Waals surface area contributed by atoms with Gasteiger partial charge in [0.25, 0.3) is 0 Å². The smallest absolute Gasteiger partial charge is 0.0394 e. The van der Waals surface area contributed by atoms with Crippen LogP contribution in [0.5, 0.6) is 0 Å². The normalized spacial score (nSPS) is 34.7. The third-order valence-corrected chi connectivity index (χ3v) is 1.80. The van der Waals surface area contributed by atoms with E-state index in [0.717, 1.165) is 13.1 Å². The molecule has 1 saturated heterocycles. The van der Waals surface area contributed by atoms with Gasteiger partial charge in [0.2, 0.25) is 0 Å². The van der Waals surface area contributed by atoms with Crippen LogP contribution in [0.1, 0.15) is 18.0 Å². The first kappa shape index (κ1) is 3.94. The fraction of sp³-hybridized carbons (Fsp3) is 1.00. The summed E-state index contributed by atoms with van der Waals surface area (Å²) in [5.41, 5.74) is -0.260. The molecule has 0 atom stereocenters. The highest BCUT2D eigenvalue weighted by Crippen LogP contribution is 2.12. The number of rotatable bonds is 0. The molecule has 0 saturated carbocycles. The molecule has 0 bridgehead atoms. The Morgan fingerprint density at radius 3 is 2.89 bits per heavy atom. The molecule has 1 N–H and O–H groups in total. The van der Waals surface area contributed by atoms with Crippen LogP contribution >= 0.6 is 0 Å². The fourth-order valence-corrected chi connectivity index (χ4v) is 0.983. The summed E-state index contributed by atoms with van der Waals surface area (Å²) in [5, 5.41) is 3.19. The highest BCUT2D eigenvalue weighted by Gasteiger charge is 2.25. The molecule has 0 amide bonds. The molecule has 1 fully saturated rings. The maximum Gasteiger partial charge on any atom is 0.0394 e. The SMILES string of the molecule is [2H]C([2H])([2H])N1CCNCC1(C)C. The molecule has 0 aromatic heterocycles. The molecule has 9 heavy (non-hydrogen) atoms. The van der Waals surface area contributed by atoms with Crippen molar-refractivity contribution in [1.82, 2.24) is 10.2 Å². The Kier molecular flexibility index (Phi) is 0.994. The van der Waals surface area contributed by atoms with E-state index in [0.29, 0.717) is 6.54 Å². The third kappa shape index (κ3) is 1.43. The molecular weight excluding hydrogens is 112 g/mol. The predicted molar refractivity (Wildman–Crippen MR) is 39.6 cm³/mol. The number of likely N-dealkylation sites (N-methyl/N-ethyl adjacent to an activating group) is 1. The third-order valence-electron chi connectivity index (χ3n) is 1.80. The Morgan fingerprint density at radius 1 is 1.67 bits per heavy atom. The summed E-state index contributed by atoms with van der Waals surface area (Å²) >= 11 is 0. The number of hydrogen-bond donors (Lipinski definition) is 1. The first-order valence-corrected chi connectivity index (χ1v) is 3.32. The molecule has 2 heteroatoms. The summed E-state index contributed by atoms with van der Waals surface area (Å²) in [6.07, 6.45) is 0. The largest absolute Gasteiger partial charge is 0.314 e. The van der Waals surface area contributed by atoms with Crippen LogP contribution in [-0.2, 0) is 0 Å². The maximum absolute atomic E-state index is 7.31. The van der Waals surface area contributed by atoms with Crippen molar-refractivity contribution in [3.8, 4) is 0 Å². The van der Waals surface area contributed by atoms with Gasteiger partial charge in [-0.2, -0.15) is 0 Å². The van der Waals surface area contributed by atoms with Crippen molar-refractivity contribution >= 4 is 0 Å². The summed E-state index contributed by atoms with van der Waals surface area (Å²) in [6.45, 7) is 4.05. The van der Waals surface area contributed by atoms with E-state index in [9.17, 15) is 0 Å². The van der Waals surface area contributed by atoms with Gasteiger partial charge in [-0.15, -0.1) is 0 Å².